The Kier molecular flexibility index (Phi) is 7.45. The summed E-state index contributed by atoms with van der Waals surface area (Å²) >= 11 is 5.93. The molecular weight excluding hydrogens is 565 g/mol. The minimum atomic E-state index is -0.530. The van der Waals surface area contributed by atoms with Crippen molar-refractivity contribution in [3.8, 4) is 11.4 Å². The summed E-state index contributed by atoms with van der Waals surface area (Å²) < 4.78 is 21.9. The van der Waals surface area contributed by atoms with Gasteiger partial charge in [0.25, 0.3) is 5.56 Å². The highest BCUT2D eigenvalue weighted by atomic mass is 79.9. The van der Waals surface area contributed by atoms with Crippen molar-refractivity contribution in [2.24, 2.45) is 0 Å². The average molecular weight is 589 g/mol. The number of carbonyl (C=O) groups is 1. The van der Waals surface area contributed by atoms with Crippen LogP contribution < -0.4 is 15.6 Å². The molecule has 1 aliphatic carbocycles. The summed E-state index contributed by atoms with van der Waals surface area (Å²) in [6.07, 6.45) is 4.01. The van der Waals surface area contributed by atoms with E-state index in [1.165, 1.54) is 17.0 Å². The molecule has 0 saturated heterocycles. The van der Waals surface area contributed by atoms with E-state index in [-0.39, 0.29) is 22.9 Å². The second-order valence-electron chi connectivity index (χ2n) is 8.31. The lowest BCUT2D eigenvalue weighted by molar-refractivity contribution is -0.113. The number of thiophene rings is 1. The number of ether oxygens (including phenoxy) is 1. The fourth-order valence-corrected chi connectivity index (χ4v) is 6.72. The van der Waals surface area contributed by atoms with Crippen LogP contribution >= 0.6 is 39.0 Å². The van der Waals surface area contributed by atoms with Gasteiger partial charge in [-0.25, -0.2) is 9.37 Å². The standard InChI is InChI=1S/C26H23BrFN3O3S2/c1-2-34-17-10-8-16(9-11-17)31-25(33)23-18-5-3-4-6-21(18)36-24(23)30-26(31)35-14-22(32)29-20-12-7-15(27)13-19(20)28/h7-13H,2-6,14H2,1H3,(H,29,32). The zero-order valence-electron chi connectivity index (χ0n) is 19.5. The predicted molar refractivity (Wildman–Crippen MR) is 146 cm³/mol. The fraction of sp³-hybridized carbons (Fsp3) is 0.269. The van der Waals surface area contributed by atoms with Crippen molar-refractivity contribution < 1.29 is 13.9 Å². The van der Waals surface area contributed by atoms with Gasteiger partial charge in [0, 0.05) is 9.35 Å². The third kappa shape index (κ3) is 5.07. The summed E-state index contributed by atoms with van der Waals surface area (Å²) in [6, 6.07) is 11.7. The monoisotopic (exact) mass is 587 g/mol. The van der Waals surface area contributed by atoms with Crippen molar-refractivity contribution in [2.75, 3.05) is 17.7 Å². The third-order valence-electron chi connectivity index (χ3n) is 5.90. The number of hydrogen-bond acceptors (Lipinski definition) is 6. The van der Waals surface area contributed by atoms with Gasteiger partial charge in [0.05, 0.1) is 29.1 Å². The van der Waals surface area contributed by atoms with Crippen LogP contribution in [0.5, 0.6) is 5.75 Å². The first-order valence-corrected chi connectivity index (χ1v) is 14.2. The van der Waals surface area contributed by atoms with Crippen molar-refractivity contribution in [1.82, 2.24) is 9.55 Å². The van der Waals surface area contributed by atoms with Gasteiger partial charge in [-0.05, 0) is 80.6 Å². The van der Waals surface area contributed by atoms with Gasteiger partial charge in [-0.2, -0.15) is 0 Å². The summed E-state index contributed by atoms with van der Waals surface area (Å²) in [5, 5.41) is 3.69. The number of aryl methyl sites for hydroxylation is 2. The van der Waals surface area contributed by atoms with Gasteiger partial charge in [-0.1, -0.05) is 27.7 Å². The van der Waals surface area contributed by atoms with E-state index in [1.807, 2.05) is 31.2 Å². The van der Waals surface area contributed by atoms with Crippen LogP contribution in [0, 0.1) is 5.82 Å². The number of aromatic nitrogens is 2. The first-order chi connectivity index (χ1) is 17.4. The normalized spacial score (nSPS) is 13.0. The molecule has 6 nitrogen and oxygen atoms in total. The number of nitrogens with zero attached hydrogens (tertiary/aromatic N) is 2. The number of rotatable bonds is 7. The van der Waals surface area contributed by atoms with Crippen molar-refractivity contribution in [1.29, 1.82) is 0 Å². The predicted octanol–water partition coefficient (Wildman–Crippen LogP) is 6.36. The molecule has 4 aromatic rings. The molecule has 10 heteroatoms. The van der Waals surface area contributed by atoms with Crippen LogP contribution in [0.1, 0.15) is 30.2 Å². The molecule has 0 saturated carbocycles. The Morgan fingerprint density at radius 3 is 2.75 bits per heavy atom. The second-order valence-corrected chi connectivity index (χ2v) is 11.3. The third-order valence-corrected chi connectivity index (χ3v) is 8.52. The molecule has 5 rings (SSSR count). The van der Waals surface area contributed by atoms with Gasteiger partial charge >= 0.3 is 0 Å². The molecule has 0 bridgehead atoms. The zero-order chi connectivity index (χ0) is 25.2. The van der Waals surface area contributed by atoms with Crippen molar-refractivity contribution in [2.45, 2.75) is 37.8 Å². The van der Waals surface area contributed by atoms with E-state index in [4.69, 9.17) is 9.72 Å². The van der Waals surface area contributed by atoms with Gasteiger partial charge in [0.15, 0.2) is 5.16 Å². The number of carbonyl (C=O) groups excluding carboxylic acids is 1. The molecule has 0 fully saturated rings. The number of benzene rings is 2. The van der Waals surface area contributed by atoms with Crippen molar-refractivity contribution >= 4 is 60.8 Å². The number of halogens is 2. The molecular formula is C26H23BrFN3O3S2. The number of thioether (sulfide) groups is 1. The number of hydrogen-bond donors (Lipinski definition) is 1. The molecule has 2 heterocycles. The van der Waals surface area contributed by atoms with Crippen LogP contribution in [-0.4, -0.2) is 27.8 Å². The average Bonchev–Trinajstić information content (AvgIpc) is 3.24. The molecule has 186 valence electrons. The van der Waals surface area contributed by atoms with Crippen LogP contribution in [0.3, 0.4) is 0 Å². The Morgan fingerprint density at radius 1 is 1.22 bits per heavy atom. The van der Waals surface area contributed by atoms with Crippen LogP contribution in [-0.2, 0) is 17.6 Å². The largest absolute Gasteiger partial charge is 0.494 e. The highest BCUT2D eigenvalue weighted by molar-refractivity contribution is 9.10. The van der Waals surface area contributed by atoms with Gasteiger partial charge < -0.3 is 10.1 Å². The van der Waals surface area contributed by atoms with Crippen LogP contribution in [0.4, 0.5) is 10.1 Å². The molecule has 2 aromatic carbocycles. The maximum absolute atomic E-state index is 14.2. The molecule has 0 radical (unpaired) electrons. The van der Waals surface area contributed by atoms with Crippen molar-refractivity contribution in [3.63, 3.8) is 0 Å². The Labute approximate surface area is 224 Å². The van der Waals surface area contributed by atoms with E-state index in [1.54, 1.807) is 22.0 Å². The van der Waals surface area contributed by atoms with E-state index >= 15 is 0 Å². The number of amides is 1. The Morgan fingerprint density at radius 2 is 2.00 bits per heavy atom. The van der Waals surface area contributed by atoms with Crippen LogP contribution in [0.25, 0.3) is 15.9 Å². The van der Waals surface area contributed by atoms with E-state index in [9.17, 15) is 14.0 Å². The van der Waals surface area contributed by atoms with Gasteiger partial charge in [0.1, 0.15) is 16.4 Å². The minimum Gasteiger partial charge on any atom is -0.494 e. The lowest BCUT2D eigenvalue weighted by atomic mass is 9.97. The Bertz CT molecular complexity index is 1500. The SMILES string of the molecule is CCOc1ccc(-n2c(SCC(=O)Nc3ccc(Br)cc3F)nc3sc4c(c3c2=O)CCCC4)cc1. The van der Waals surface area contributed by atoms with Crippen molar-refractivity contribution in [3.05, 3.63) is 73.5 Å². The molecule has 0 aliphatic heterocycles. The molecule has 1 N–H and O–H groups in total. The summed E-state index contributed by atoms with van der Waals surface area (Å²) in [5.74, 6) is -0.242. The maximum Gasteiger partial charge on any atom is 0.267 e. The lowest BCUT2D eigenvalue weighted by Crippen LogP contribution is -2.23. The zero-order valence-corrected chi connectivity index (χ0v) is 22.7. The van der Waals surface area contributed by atoms with Gasteiger partial charge in [-0.15, -0.1) is 11.3 Å². The minimum absolute atomic E-state index is 0.0322. The lowest BCUT2D eigenvalue weighted by Gasteiger charge is -2.14. The van der Waals surface area contributed by atoms with Gasteiger partial charge in [0.2, 0.25) is 5.91 Å². The Hall–Kier alpha value is -2.69. The molecule has 0 spiro atoms. The van der Waals surface area contributed by atoms with Gasteiger partial charge in [-0.3, -0.25) is 14.2 Å². The molecule has 2 aromatic heterocycles. The smallest absolute Gasteiger partial charge is 0.267 e. The topological polar surface area (TPSA) is 73.2 Å². The fourth-order valence-electron chi connectivity index (χ4n) is 4.28. The van der Waals surface area contributed by atoms with E-state index in [0.29, 0.717) is 37.9 Å². The van der Waals surface area contributed by atoms with E-state index < -0.39 is 5.82 Å². The second kappa shape index (κ2) is 10.7. The summed E-state index contributed by atoms with van der Waals surface area (Å²) in [7, 11) is 0. The molecule has 1 aliphatic rings. The quantitative estimate of drug-likeness (QED) is 0.201. The number of nitrogens with one attached hydrogen (secondary N) is 1. The van der Waals surface area contributed by atoms with E-state index in [2.05, 4.69) is 21.2 Å². The number of anilines is 1. The summed E-state index contributed by atoms with van der Waals surface area (Å²) in [4.78, 5) is 33.3. The van der Waals surface area contributed by atoms with Crippen LogP contribution in [0.15, 0.2) is 56.9 Å². The van der Waals surface area contributed by atoms with Crippen LogP contribution in [0.2, 0.25) is 0 Å². The molecule has 0 unspecified atom stereocenters. The summed E-state index contributed by atoms with van der Waals surface area (Å²) in [6.45, 7) is 2.46. The highest BCUT2D eigenvalue weighted by Gasteiger charge is 2.23. The molecule has 36 heavy (non-hydrogen) atoms. The number of fused-ring (bicyclic) bond motifs is 3. The summed E-state index contributed by atoms with van der Waals surface area (Å²) in [5.41, 5.74) is 1.72. The highest BCUT2D eigenvalue weighted by Crippen LogP contribution is 2.35. The van der Waals surface area contributed by atoms with E-state index in [0.717, 1.165) is 43.0 Å². The first kappa shape index (κ1) is 25.0. The maximum atomic E-state index is 14.2. The Balaban J connectivity index is 1.50. The first-order valence-electron chi connectivity index (χ1n) is 11.6. The molecule has 1 amide bonds. The molecule has 0 atom stereocenters.